The van der Waals surface area contributed by atoms with Gasteiger partial charge >= 0.3 is 6.09 Å². The van der Waals surface area contributed by atoms with Gasteiger partial charge in [-0.05, 0) is 91.8 Å². The highest BCUT2D eigenvalue weighted by molar-refractivity contribution is 5.67. The molecule has 5 rings (SSSR count). The van der Waals surface area contributed by atoms with E-state index < -0.39 is 0 Å². The summed E-state index contributed by atoms with van der Waals surface area (Å²) in [4.78, 5) is 19.0. The summed E-state index contributed by atoms with van der Waals surface area (Å²) in [7, 11) is 2.04. The molecule has 1 aliphatic heterocycles. The molecule has 3 saturated carbocycles. The molecule has 3 N–H and O–H groups in total. The number of nitrogens with one attached hydrogen (secondary N) is 1. The first-order valence-corrected chi connectivity index (χ1v) is 16.6. The number of nitrogens with zero attached hydrogens (tertiary/aromatic N) is 2. The molecular weight excluding hydrogens is 496 g/mol. The van der Waals surface area contributed by atoms with Crippen molar-refractivity contribution in [3.8, 4) is 0 Å². The number of fused-ring (bicyclic) bond motifs is 5. The van der Waals surface area contributed by atoms with Crippen LogP contribution >= 0.6 is 0 Å². The zero-order valence-electron chi connectivity index (χ0n) is 26.4. The lowest BCUT2D eigenvalue weighted by molar-refractivity contribution is -0.0744. The second kappa shape index (κ2) is 11.6. The summed E-state index contributed by atoms with van der Waals surface area (Å²) < 4.78 is 5.94. The molecule has 226 valence electrons. The summed E-state index contributed by atoms with van der Waals surface area (Å²) in [6, 6.07) is 0.375. The molecule has 0 radical (unpaired) electrons. The zero-order chi connectivity index (χ0) is 28.7. The number of alkyl carbamates (subject to hydrolysis) is 1. The van der Waals surface area contributed by atoms with E-state index >= 15 is 0 Å². The van der Waals surface area contributed by atoms with E-state index in [0.717, 1.165) is 56.4 Å². The van der Waals surface area contributed by atoms with Gasteiger partial charge < -0.3 is 20.7 Å². The smallest absolute Gasteiger partial charge is 0.407 e. The predicted molar refractivity (Wildman–Crippen MR) is 164 cm³/mol. The molecule has 0 aromatic carbocycles. The number of hydrogen-bond donors (Lipinski definition) is 2. The molecule has 6 nitrogen and oxygen atoms in total. The van der Waals surface area contributed by atoms with Crippen molar-refractivity contribution in [2.45, 2.75) is 129 Å². The maximum absolute atomic E-state index is 12.6. The van der Waals surface area contributed by atoms with Gasteiger partial charge in [0.2, 0.25) is 0 Å². The van der Waals surface area contributed by atoms with Gasteiger partial charge in [-0.15, -0.1) is 0 Å². The van der Waals surface area contributed by atoms with Crippen molar-refractivity contribution >= 4 is 12.4 Å². The summed E-state index contributed by atoms with van der Waals surface area (Å²) >= 11 is 0. The Morgan fingerprint density at radius 3 is 2.67 bits per heavy atom. The van der Waals surface area contributed by atoms with Gasteiger partial charge in [0.1, 0.15) is 6.10 Å². The summed E-state index contributed by atoms with van der Waals surface area (Å²) in [6.07, 6.45) is 18.1. The Balaban J connectivity index is 1.19. The number of aliphatic imine (C=N–C) groups is 1. The lowest BCUT2D eigenvalue weighted by Crippen LogP contribution is -2.66. The number of rotatable bonds is 9. The number of hydrogen-bond acceptors (Lipinski definition) is 5. The van der Waals surface area contributed by atoms with Crippen LogP contribution in [0.3, 0.4) is 0 Å². The second-order valence-electron chi connectivity index (χ2n) is 15.4. The normalized spacial score (nSPS) is 41.2. The van der Waals surface area contributed by atoms with E-state index in [-0.39, 0.29) is 23.2 Å². The van der Waals surface area contributed by atoms with Crippen molar-refractivity contribution in [3.05, 3.63) is 11.6 Å². The number of amides is 1. The van der Waals surface area contributed by atoms with Crippen LogP contribution < -0.4 is 11.1 Å². The minimum absolute atomic E-state index is 0.0292. The van der Waals surface area contributed by atoms with Gasteiger partial charge in [0.25, 0.3) is 0 Å². The van der Waals surface area contributed by atoms with Gasteiger partial charge in [0.05, 0.1) is 18.9 Å². The van der Waals surface area contributed by atoms with Crippen LogP contribution in [0, 0.1) is 40.4 Å². The first-order chi connectivity index (χ1) is 19.0. The largest absolute Gasteiger partial charge is 0.446 e. The molecule has 1 heterocycles. The number of carbonyl (C=O) groups is 1. The average Bonchev–Trinajstić information content (AvgIpc) is 3.47. The predicted octanol–water partition coefficient (Wildman–Crippen LogP) is 6.94. The Labute approximate surface area is 244 Å². The summed E-state index contributed by atoms with van der Waals surface area (Å²) in [5.41, 5.74) is 9.53. The molecule has 4 aliphatic carbocycles. The molecule has 0 aromatic heterocycles. The van der Waals surface area contributed by atoms with E-state index in [1.807, 2.05) is 13.4 Å². The van der Waals surface area contributed by atoms with Gasteiger partial charge in [-0.1, -0.05) is 65.5 Å². The van der Waals surface area contributed by atoms with Gasteiger partial charge in [0.15, 0.2) is 0 Å². The highest BCUT2D eigenvalue weighted by Crippen LogP contribution is 2.68. The fourth-order valence-corrected chi connectivity index (χ4v) is 10.3. The number of ether oxygens (including phenoxy) is 1. The van der Waals surface area contributed by atoms with Crippen molar-refractivity contribution in [2.24, 2.45) is 51.1 Å². The maximum atomic E-state index is 12.6. The van der Waals surface area contributed by atoms with Crippen LogP contribution in [-0.2, 0) is 4.74 Å². The molecule has 9 atom stereocenters. The quantitative estimate of drug-likeness (QED) is 0.303. The van der Waals surface area contributed by atoms with Crippen LogP contribution in [0.2, 0.25) is 0 Å². The summed E-state index contributed by atoms with van der Waals surface area (Å²) in [6.45, 7) is 13.8. The molecule has 1 amide bonds. The van der Waals surface area contributed by atoms with E-state index in [1.165, 1.54) is 50.5 Å². The van der Waals surface area contributed by atoms with Crippen molar-refractivity contribution in [1.29, 1.82) is 0 Å². The highest BCUT2D eigenvalue weighted by Gasteiger charge is 2.64. The Morgan fingerprint density at radius 2 is 1.95 bits per heavy atom. The first kappa shape index (κ1) is 29.9. The summed E-state index contributed by atoms with van der Waals surface area (Å²) in [5, 5.41) is 2.99. The number of nitrogens with two attached hydrogens (primary N) is 1. The van der Waals surface area contributed by atoms with Crippen LogP contribution in [0.5, 0.6) is 0 Å². The third kappa shape index (κ3) is 5.47. The van der Waals surface area contributed by atoms with E-state index in [0.29, 0.717) is 29.8 Å². The van der Waals surface area contributed by atoms with Crippen molar-refractivity contribution in [1.82, 2.24) is 10.2 Å². The standard InChI is InChI=1S/C34H58N4O2/c1-23(2)8-7-9-24(3)28-10-11-29-33(28,5)17-14-30-32(4)16-13-27(20-25(32)12-18-34(29,30)35)40-31(39)37-19-15-26-21-36-22-38(26)6/h12,22-24,26-30H,7-11,13-21,35H2,1-6H3,(H,37,39)/t24-,26?,27?,28-,29-,30?,32+,33-,34?/m1/s1. The molecular formula is C34H58N4O2. The van der Waals surface area contributed by atoms with Gasteiger partial charge in [-0.25, -0.2) is 4.79 Å². The minimum Gasteiger partial charge on any atom is -0.446 e. The Kier molecular flexibility index (Phi) is 8.68. The zero-order valence-corrected chi connectivity index (χ0v) is 26.4. The fourth-order valence-electron chi connectivity index (χ4n) is 10.3. The molecule has 0 spiro atoms. The molecule has 5 aliphatic rings. The number of carbonyl (C=O) groups excluding carboxylic acids is 1. The minimum atomic E-state index is -0.271. The lowest BCUT2D eigenvalue weighted by atomic mass is 9.44. The highest BCUT2D eigenvalue weighted by atomic mass is 16.6. The van der Waals surface area contributed by atoms with Crippen molar-refractivity contribution < 1.29 is 9.53 Å². The molecule has 40 heavy (non-hydrogen) atoms. The molecule has 0 saturated heterocycles. The van der Waals surface area contributed by atoms with Crippen molar-refractivity contribution in [3.63, 3.8) is 0 Å². The Bertz CT molecular complexity index is 979. The molecule has 6 heteroatoms. The number of likely N-dealkylation sites (N-methyl/N-ethyl adjacent to an activating group) is 1. The van der Waals surface area contributed by atoms with Crippen LogP contribution in [0.25, 0.3) is 0 Å². The molecule has 0 bridgehead atoms. The van der Waals surface area contributed by atoms with Crippen molar-refractivity contribution in [2.75, 3.05) is 20.1 Å². The van der Waals surface area contributed by atoms with Gasteiger partial charge in [0, 0.05) is 25.6 Å². The van der Waals surface area contributed by atoms with E-state index in [1.54, 1.807) is 0 Å². The monoisotopic (exact) mass is 554 g/mol. The maximum Gasteiger partial charge on any atom is 0.407 e. The summed E-state index contributed by atoms with van der Waals surface area (Å²) in [5.74, 6) is 3.57. The molecule has 3 fully saturated rings. The van der Waals surface area contributed by atoms with Crippen LogP contribution in [-0.4, -0.2) is 55.2 Å². The molecule has 0 aromatic rings. The van der Waals surface area contributed by atoms with Gasteiger partial charge in [-0.3, -0.25) is 4.99 Å². The Hall–Kier alpha value is -1.56. The average molecular weight is 555 g/mol. The Morgan fingerprint density at radius 1 is 1.15 bits per heavy atom. The van der Waals surface area contributed by atoms with Crippen LogP contribution in [0.4, 0.5) is 4.79 Å². The van der Waals surface area contributed by atoms with Crippen LogP contribution in [0.1, 0.15) is 112 Å². The van der Waals surface area contributed by atoms with Gasteiger partial charge in [-0.2, -0.15) is 0 Å². The van der Waals surface area contributed by atoms with E-state index in [9.17, 15) is 4.79 Å². The lowest BCUT2D eigenvalue weighted by Gasteiger charge is -2.63. The fraction of sp³-hybridized carbons (Fsp3) is 0.882. The third-order valence-electron chi connectivity index (χ3n) is 12.6. The SMILES string of the molecule is CC(C)CCC[C@@H](C)[C@H]1CC[C@H]2C3(N)CC=C4CC(OC(=O)NCCC5CN=CN5C)CC[C@]4(C)C3CC[C@]12C. The van der Waals surface area contributed by atoms with Crippen LogP contribution in [0.15, 0.2) is 16.6 Å². The first-order valence-electron chi connectivity index (χ1n) is 16.6. The molecule has 4 unspecified atom stereocenters. The van der Waals surface area contributed by atoms with E-state index in [2.05, 4.69) is 55.9 Å². The topological polar surface area (TPSA) is 79.9 Å². The van der Waals surface area contributed by atoms with E-state index in [4.69, 9.17) is 10.5 Å². The third-order valence-corrected chi connectivity index (χ3v) is 12.6. The second-order valence-corrected chi connectivity index (χ2v) is 15.4.